The van der Waals surface area contributed by atoms with Gasteiger partial charge in [-0.25, -0.2) is 8.78 Å². The predicted molar refractivity (Wildman–Crippen MR) is 79.0 cm³/mol. The molecule has 2 rings (SSSR count). The first-order valence-corrected chi connectivity index (χ1v) is 7.51. The van der Waals surface area contributed by atoms with Gasteiger partial charge in [-0.1, -0.05) is 0 Å². The van der Waals surface area contributed by atoms with Crippen LogP contribution in [0.5, 0.6) is 0 Å². The third-order valence-corrected chi connectivity index (χ3v) is 4.57. The molecule has 1 heterocycles. The molecule has 0 saturated carbocycles. The van der Waals surface area contributed by atoms with E-state index in [-0.39, 0.29) is 11.5 Å². The zero-order valence-corrected chi connectivity index (χ0v) is 13.2. The number of carbonyl (C=O) groups excluding carboxylic acids is 1. The molecular weight excluding hydrogens is 348 g/mol. The van der Waals surface area contributed by atoms with Gasteiger partial charge in [-0.05, 0) is 59.6 Å². The van der Waals surface area contributed by atoms with E-state index in [1.165, 1.54) is 30.4 Å². The molecule has 1 aromatic carbocycles. The van der Waals surface area contributed by atoms with Gasteiger partial charge in [-0.15, -0.1) is 11.3 Å². The Labute approximate surface area is 127 Å². The Kier molecular flexibility index (Phi) is 4.55. The zero-order chi connectivity index (χ0) is 14.9. The number of carbonyl (C=O) groups is 1. The number of halogens is 3. The first-order chi connectivity index (χ1) is 9.38. The lowest BCUT2D eigenvalue weighted by molar-refractivity contribution is 0.0944. The maximum atomic E-state index is 13.5. The van der Waals surface area contributed by atoms with E-state index in [0.717, 1.165) is 3.79 Å². The minimum atomic E-state index is -0.611. The van der Waals surface area contributed by atoms with Crippen molar-refractivity contribution < 1.29 is 13.6 Å². The first-order valence-electron chi connectivity index (χ1n) is 5.90. The van der Waals surface area contributed by atoms with Crippen molar-refractivity contribution in [3.05, 3.63) is 55.7 Å². The van der Waals surface area contributed by atoms with Crippen LogP contribution in [-0.4, -0.2) is 5.91 Å². The number of thiophene rings is 1. The fourth-order valence-corrected chi connectivity index (χ4v) is 2.99. The smallest absolute Gasteiger partial charge is 0.261 e. The fraction of sp³-hybridized carbons (Fsp3) is 0.214. The highest BCUT2D eigenvalue weighted by Crippen LogP contribution is 2.24. The second-order valence-corrected chi connectivity index (χ2v) is 6.87. The quantitative estimate of drug-likeness (QED) is 0.853. The molecule has 20 heavy (non-hydrogen) atoms. The molecule has 0 saturated heterocycles. The van der Waals surface area contributed by atoms with E-state index in [9.17, 15) is 13.6 Å². The molecule has 0 unspecified atom stereocenters. The Bertz CT molecular complexity index is 633. The highest BCUT2D eigenvalue weighted by atomic mass is 79.9. The SMILES string of the molecule is Cc1c(F)cc([C@@H](C)NC(=O)c2ccc(Br)s2)cc1F. The number of amides is 1. The lowest BCUT2D eigenvalue weighted by Crippen LogP contribution is -2.26. The Morgan fingerprint density at radius 3 is 2.40 bits per heavy atom. The Morgan fingerprint density at radius 2 is 1.90 bits per heavy atom. The van der Waals surface area contributed by atoms with Gasteiger partial charge in [0.2, 0.25) is 0 Å². The number of nitrogens with one attached hydrogen (secondary N) is 1. The van der Waals surface area contributed by atoms with E-state index in [1.807, 2.05) is 0 Å². The molecule has 1 aromatic heterocycles. The largest absolute Gasteiger partial charge is 0.345 e. The summed E-state index contributed by atoms with van der Waals surface area (Å²) in [6, 6.07) is 5.47. The van der Waals surface area contributed by atoms with Crippen molar-refractivity contribution in [1.82, 2.24) is 5.32 Å². The van der Waals surface area contributed by atoms with Gasteiger partial charge in [0.25, 0.3) is 5.91 Å². The van der Waals surface area contributed by atoms with Gasteiger partial charge in [0.1, 0.15) is 11.6 Å². The number of hydrogen-bond donors (Lipinski definition) is 1. The zero-order valence-electron chi connectivity index (χ0n) is 10.8. The molecule has 1 N–H and O–H groups in total. The third kappa shape index (κ3) is 3.24. The average Bonchev–Trinajstić information content (AvgIpc) is 2.82. The van der Waals surface area contributed by atoms with Crippen LogP contribution >= 0.6 is 27.3 Å². The van der Waals surface area contributed by atoms with E-state index in [1.54, 1.807) is 19.1 Å². The summed E-state index contributed by atoms with van der Waals surface area (Å²) in [6.45, 7) is 3.06. The third-order valence-electron chi connectivity index (χ3n) is 2.95. The summed E-state index contributed by atoms with van der Waals surface area (Å²) in [7, 11) is 0. The second-order valence-electron chi connectivity index (χ2n) is 4.41. The van der Waals surface area contributed by atoms with E-state index in [2.05, 4.69) is 21.2 Å². The highest BCUT2D eigenvalue weighted by Gasteiger charge is 2.16. The van der Waals surface area contributed by atoms with E-state index in [0.29, 0.717) is 10.4 Å². The lowest BCUT2D eigenvalue weighted by atomic mass is 10.1. The Morgan fingerprint density at radius 1 is 1.30 bits per heavy atom. The molecule has 6 heteroatoms. The van der Waals surface area contributed by atoms with Gasteiger partial charge in [-0.2, -0.15) is 0 Å². The van der Waals surface area contributed by atoms with Gasteiger partial charge < -0.3 is 5.32 Å². The average molecular weight is 360 g/mol. The fourth-order valence-electron chi connectivity index (χ4n) is 1.70. The van der Waals surface area contributed by atoms with Crippen molar-refractivity contribution >= 4 is 33.2 Å². The Hall–Kier alpha value is -1.27. The minimum absolute atomic E-state index is 0.0190. The van der Waals surface area contributed by atoms with Crippen molar-refractivity contribution in [3.8, 4) is 0 Å². The lowest BCUT2D eigenvalue weighted by Gasteiger charge is -2.14. The molecule has 0 aliphatic carbocycles. The first kappa shape index (κ1) is 15.1. The summed E-state index contributed by atoms with van der Waals surface area (Å²) in [5.74, 6) is -1.49. The van der Waals surface area contributed by atoms with Crippen LogP contribution in [0.25, 0.3) is 0 Å². The molecule has 0 aliphatic heterocycles. The van der Waals surface area contributed by atoms with E-state index < -0.39 is 17.7 Å². The van der Waals surface area contributed by atoms with Crippen molar-refractivity contribution in [2.24, 2.45) is 0 Å². The van der Waals surface area contributed by atoms with Gasteiger partial charge >= 0.3 is 0 Å². The minimum Gasteiger partial charge on any atom is -0.345 e. The van der Waals surface area contributed by atoms with Gasteiger partial charge in [0, 0.05) is 5.56 Å². The van der Waals surface area contributed by atoms with Crippen LogP contribution < -0.4 is 5.32 Å². The van der Waals surface area contributed by atoms with Crippen LogP contribution in [0.1, 0.15) is 33.8 Å². The van der Waals surface area contributed by atoms with Crippen LogP contribution in [0, 0.1) is 18.6 Å². The molecule has 2 aromatic rings. The monoisotopic (exact) mass is 359 g/mol. The molecule has 0 aliphatic rings. The number of hydrogen-bond acceptors (Lipinski definition) is 2. The second kappa shape index (κ2) is 6.01. The van der Waals surface area contributed by atoms with E-state index >= 15 is 0 Å². The summed E-state index contributed by atoms with van der Waals surface area (Å²) in [4.78, 5) is 12.5. The summed E-state index contributed by atoms with van der Waals surface area (Å²) >= 11 is 4.58. The van der Waals surface area contributed by atoms with Gasteiger partial charge in [-0.3, -0.25) is 4.79 Å². The summed E-state index contributed by atoms with van der Waals surface area (Å²) in [5, 5.41) is 2.72. The van der Waals surface area contributed by atoms with Gasteiger partial charge in [0.05, 0.1) is 14.7 Å². The summed E-state index contributed by atoms with van der Waals surface area (Å²) in [6.07, 6.45) is 0. The van der Waals surface area contributed by atoms with Crippen LogP contribution in [0.2, 0.25) is 0 Å². The van der Waals surface area contributed by atoms with Crippen molar-refractivity contribution in [2.45, 2.75) is 19.9 Å². The molecule has 0 radical (unpaired) electrons. The number of rotatable bonds is 3. The summed E-state index contributed by atoms with van der Waals surface area (Å²) in [5.41, 5.74) is 0.379. The van der Waals surface area contributed by atoms with Crippen LogP contribution in [0.4, 0.5) is 8.78 Å². The topological polar surface area (TPSA) is 29.1 Å². The highest BCUT2D eigenvalue weighted by molar-refractivity contribution is 9.11. The molecule has 2 nitrogen and oxygen atoms in total. The normalized spacial score (nSPS) is 12.2. The maximum Gasteiger partial charge on any atom is 0.261 e. The molecular formula is C14H12BrF2NOS. The Balaban J connectivity index is 2.16. The van der Waals surface area contributed by atoms with Crippen LogP contribution in [-0.2, 0) is 0 Å². The van der Waals surface area contributed by atoms with Crippen molar-refractivity contribution in [1.29, 1.82) is 0 Å². The standard InChI is InChI=1S/C14H12BrF2NOS/c1-7-10(16)5-9(6-11(7)17)8(2)18-14(19)12-3-4-13(15)20-12/h3-6,8H,1-2H3,(H,18,19)/t8-/m1/s1. The van der Waals surface area contributed by atoms with Crippen molar-refractivity contribution in [3.63, 3.8) is 0 Å². The molecule has 0 fully saturated rings. The summed E-state index contributed by atoms with van der Waals surface area (Å²) < 4.78 is 27.9. The van der Waals surface area contributed by atoms with Crippen LogP contribution in [0.3, 0.4) is 0 Å². The van der Waals surface area contributed by atoms with Crippen molar-refractivity contribution in [2.75, 3.05) is 0 Å². The molecule has 1 amide bonds. The number of benzene rings is 1. The molecule has 106 valence electrons. The molecule has 1 atom stereocenters. The maximum absolute atomic E-state index is 13.5. The van der Waals surface area contributed by atoms with Gasteiger partial charge in [0.15, 0.2) is 0 Å². The predicted octanol–water partition coefficient (Wildman–Crippen LogP) is 4.59. The van der Waals surface area contributed by atoms with Crippen LogP contribution in [0.15, 0.2) is 28.1 Å². The van der Waals surface area contributed by atoms with E-state index in [4.69, 9.17) is 0 Å². The molecule has 0 spiro atoms. The molecule has 0 bridgehead atoms.